The number of aromatic nitrogens is 2. The molecule has 0 saturated heterocycles. The van der Waals surface area contributed by atoms with E-state index >= 15 is 0 Å². The Kier molecular flexibility index (Phi) is 4.31. The largest absolute Gasteiger partial charge is 0.361 e. The van der Waals surface area contributed by atoms with E-state index in [9.17, 15) is 4.39 Å². The van der Waals surface area contributed by atoms with E-state index in [1.54, 1.807) is 7.05 Å². The zero-order chi connectivity index (χ0) is 13.8. The summed E-state index contributed by atoms with van der Waals surface area (Å²) in [5.41, 5.74) is 1.05. The normalized spacial score (nSPS) is 12.0. The fraction of sp³-hybridized carbons (Fsp3) is 0.231. The first-order chi connectivity index (χ1) is 9.10. The monoisotopic (exact) mass is 324 g/mol. The summed E-state index contributed by atoms with van der Waals surface area (Å²) in [5, 5.41) is 5.82. The standard InChI is InChI=1S/C13H14BrFN4/c1-8(9-3-5-10(14)6-4-9)18-12-11(15)7-17-13(16-2)19-12/h3-8H,1-2H3,(H2,16,17,18,19). The molecule has 2 aromatic rings. The molecular formula is C13H14BrFN4. The van der Waals surface area contributed by atoms with Gasteiger partial charge < -0.3 is 10.6 Å². The van der Waals surface area contributed by atoms with E-state index in [0.717, 1.165) is 16.2 Å². The minimum absolute atomic E-state index is 0.0535. The van der Waals surface area contributed by atoms with Gasteiger partial charge in [-0.3, -0.25) is 0 Å². The molecule has 4 nitrogen and oxygen atoms in total. The van der Waals surface area contributed by atoms with Crippen LogP contribution in [0.4, 0.5) is 16.2 Å². The fourth-order valence-electron chi connectivity index (χ4n) is 1.63. The second kappa shape index (κ2) is 5.97. The summed E-state index contributed by atoms with van der Waals surface area (Å²) < 4.78 is 14.6. The molecule has 0 saturated carbocycles. The van der Waals surface area contributed by atoms with E-state index < -0.39 is 5.82 Å². The molecule has 0 aliphatic carbocycles. The first-order valence-electron chi connectivity index (χ1n) is 5.82. The lowest BCUT2D eigenvalue weighted by Gasteiger charge is -2.15. The van der Waals surface area contributed by atoms with E-state index in [-0.39, 0.29) is 11.9 Å². The van der Waals surface area contributed by atoms with Gasteiger partial charge in [-0.2, -0.15) is 4.98 Å². The molecule has 0 aliphatic rings. The molecule has 1 aromatic carbocycles. The lowest BCUT2D eigenvalue weighted by atomic mass is 10.1. The fourth-order valence-corrected chi connectivity index (χ4v) is 1.89. The summed E-state index contributed by atoms with van der Waals surface area (Å²) >= 11 is 3.38. The zero-order valence-electron chi connectivity index (χ0n) is 10.6. The van der Waals surface area contributed by atoms with Gasteiger partial charge in [0.15, 0.2) is 11.6 Å². The highest BCUT2D eigenvalue weighted by Crippen LogP contribution is 2.22. The van der Waals surface area contributed by atoms with Crippen molar-refractivity contribution >= 4 is 27.7 Å². The highest BCUT2D eigenvalue weighted by atomic mass is 79.9. The molecule has 6 heteroatoms. The lowest BCUT2D eigenvalue weighted by molar-refractivity contribution is 0.614. The van der Waals surface area contributed by atoms with Crippen molar-refractivity contribution in [3.63, 3.8) is 0 Å². The number of halogens is 2. The number of anilines is 2. The van der Waals surface area contributed by atoms with Gasteiger partial charge in [0.2, 0.25) is 5.95 Å². The van der Waals surface area contributed by atoms with Crippen molar-refractivity contribution in [2.75, 3.05) is 17.7 Å². The Morgan fingerprint density at radius 3 is 2.58 bits per heavy atom. The van der Waals surface area contributed by atoms with Crippen LogP contribution in [0.3, 0.4) is 0 Å². The van der Waals surface area contributed by atoms with Gasteiger partial charge in [0.25, 0.3) is 0 Å². The minimum atomic E-state index is -0.469. The van der Waals surface area contributed by atoms with Crippen molar-refractivity contribution in [1.82, 2.24) is 9.97 Å². The molecule has 0 radical (unpaired) electrons. The van der Waals surface area contributed by atoms with Crippen LogP contribution in [0, 0.1) is 5.82 Å². The van der Waals surface area contributed by atoms with Crippen LogP contribution in [0.5, 0.6) is 0 Å². The van der Waals surface area contributed by atoms with Gasteiger partial charge in [-0.05, 0) is 24.6 Å². The SMILES string of the molecule is CNc1ncc(F)c(NC(C)c2ccc(Br)cc2)n1. The maximum atomic E-state index is 13.6. The third-order valence-electron chi connectivity index (χ3n) is 2.69. The first-order valence-corrected chi connectivity index (χ1v) is 6.61. The van der Waals surface area contributed by atoms with Gasteiger partial charge >= 0.3 is 0 Å². The molecule has 1 unspecified atom stereocenters. The zero-order valence-corrected chi connectivity index (χ0v) is 12.2. The smallest absolute Gasteiger partial charge is 0.224 e. The van der Waals surface area contributed by atoms with Crippen LogP contribution in [0.15, 0.2) is 34.9 Å². The van der Waals surface area contributed by atoms with Gasteiger partial charge in [-0.1, -0.05) is 28.1 Å². The van der Waals surface area contributed by atoms with Crippen molar-refractivity contribution in [2.24, 2.45) is 0 Å². The molecule has 2 N–H and O–H groups in total. The van der Waals surface area contributed by atoms with Crippen molar-refractivity contribution in [3.05, 3.63) is 46.3 Å². The van der Waals surface area contributed by atoms with Crippen LogP contribution in [0.1, 0.15) is 18.5 Å². The summed E-state index contributed by atoms with van der Waals surface area (Å²) in [5.74, 6) is 0.102. The van der Waals surface area contributed by atoms with Crippen molar-refractivity contribution in [2.45, 2.75) is 13.0 Å². The van der Waals surface area contributed by atoms with Crippen LogP contribution in [0.25, 0.3) is 0 Å². The Bertz CT molecular complexity index is 559. The van der Waals surface area contributed by atoms with E-state index in [2.05, 4.69) is 36.5 Å². The average Bonchev–Trinajstić information content (AvgIpc) is 2.42. The van der Waals surface area contributed by atoms with E-state index in [0.29, 0.717) is 5.95 Å². The Labute approximate surface area is 119 Å². The highest BCUT2D eigenvalue weighted by molar-refractivity contribution is 9.10. The first kappa shape index (κ1) is 13.7. The van der Waals surface area contributed by atoms with E-state index in [4.69, 9.17) is 0 Å². The number of benzene rings is 1. The number of hydrogen-bond acceptors (Lipinski definition) is 4. The average molecular weight is 325 g/mol. The Hall–Kier alpha value is -1.69. The Morgan fingerprint density at radius 1 is 1.26 bits per heavy atom. The summed E-state index contributed by atoms with van der Waals surface area (Å²) in [6, 6.07) is 7.79. The minimum Gasteiger partial charge on any atom is -0.361 e. The predicted octanol–water partition coefficient (Wildman–Crippen LogP) is 3.59. The Morgan fingerprint density at radius 2 is 1.95 bits per heavy atom. The molecule has 1 heterocycles. The lowest BCUT2D eigenvalue weighted by Crippen LogP contribution is -2.11. The number of hydrogen-bond donors (Lipinski definition) is 2. The predicted molar refractivity (Wildman–Crippen MR) is 77.7 cm³/mol. The quantitative estimate of drug-likeness (QED) is 0.902. The summed E-state index contributed by atoms with van der Waals surface area (Å²) in [4.78, 5) is 7.86. The van der Waals surface area contributed by atoms with Crippen molar-refractivity contribution < 1.29 is 4.39 Å². The van der Waals surface area contributed by atoms with Gasteiger partial charge in [0.1, 0.15) is 0 Å². The van der Waals surface area contributed by atoms with Crippen LogP contribution in [-0.4, -0.2) is 17.0 Å². The topological polar surface area (TPSA) is 49.8 Å². The maximum Gasteiger partial charge on any atom is 0.224 e. The van der Waals surface area contributed by atoms with Crippen LogP contribution in [-0.2, 0) is 0 Å². The van der Waals surface area contributed by atoms with Gasteiger partial charge in [-0.15, -0.1) is 0 Å². The van der Waals surface area contributed by atoms with Crippen molar-refractivity contribution in [3.8, 4) is 0 Å². The van der Waals surface area contributed by atoms with Gasteiger partial charge in [0.05, 0.1) is 12.2 Å². The molecule has 0 aliphatic heterocycles. The van der Waals surface area contributed by atoms with Crippen LogP contribution < -0.4 is 10.6 Å². The second-order valence-electron chi connectivity index (χ2n) is 4.06. The number of rotatable bonds is 4. The van der Waals surface area contributed by atoms with E-state index in [1.807, 2.05) is 31.2 Å². The van der Waals surface area contributed by atoms with Gasteiger partial charge in [-0.25, -0.2) is 9.37 Å². The summed E-state index contributed by atoms with van der Waals surface area (Å²) in [7, 11) is 1.69. The van der Waals surface area contributed by atoms with Gasteiger partial charge in [0, 0.05) is 11.5 Å². The third kappa shape index (κ3) is 3.41. The number of nitrogens with zero attached hydrogens (tertiary/aromatic N) is 2. The van der Waals surface area contributed by atoms with E-state index in [1.165, 1.54) is 0 Å². The molecule has 100 valence electrons. The second-order valence-corrected chi connectivity index (χ2v) is 4.97. The molecule has 0 bridgehead atoms. The molecule has 19 heavy (non-hydrogen) atoms. The van der Waals surface area contributed by atoms with Crippen molar-refractivity contribution in [1.29, 1.82) is 0 Å². The van der Waals surface area contributed by atoms with Crippen LogP contribution >= 0.6 is 15.9 Å². The molecule has 1 atom stereocenters. The molecule has 0 amide bonds. The summed E-state index contributed by atoms with van der Waals surface area (Å²) in [6.07, 6.45) is 1.15. The molecule has 1 aromatic heterocycles. The highest BCUT2D eigenvalue weighted by Gasteiger charge is 2.11. The maximum absolute atomic E-state index is 13.6. The molecule has 2 rings (SSSR count). The summed E-state index contributed by atoms with van der Waals surface area (Å²) in [6.45, 7) is 1.95. The molecule has 0 fully saturated rings. The Balaban J connectivity index is 2.18. The third-order valence-corrected chi connectivity index (χ3v) is 3.22. The van der Waals surface area contributed by atoms with Crippen LogP contribution in [0.2, 0.25) is 0 Å². The molecule has 0 spiro atoms. The number of nitrogens with one attached hydrogen (secondary N) is 2. The molecular weight excluding hydrogens is 311 g/mol.